The second-order valence-corrected chi connectivity index (χ2v) is 7.43. The van der Waals surface area contributed by atoms with Crippen molar-refractivity contribution in [1.29, 1.82) is 0 Å². The average Bonchev–Trinajstić information content (AvgIpc) is 3.15. The summed E-state index contributed by atoms with van der Waals surface area (Å²) < 4.78 is 11.7. The zero-order chi connectivity index (χ0) is 20.9. The number of nitrogens with one attached hydrogen (secondary N) is 1. The number of rotatable bonds is 7. The van der Waals surface area contributed by atoms with Gasteiger partial charge in [-0.05, 0) is 43.7 Å². The molecule has 1 N–H and O–H groups in total. The van der Waals surface area contributed by atoms with Crippen LogP contribution in [0.4, 0.5) is 0 Å². The number of para-hydroxylation sites is 2. The predicted octanol–water partition coefficient (Wildman–Crippen LogP) is 3.65. The van der Waals surface area contributed by atoms with E-state index in [1.165, 1.54) is 0 Å². The third-order valence-corrected chi connectivity index (χ3v) is 4.92. The van der Waals surface area contributed by atoms with E-state index in [1.807, 2.05) is 62.4 Å². The van der Waals surface area contributed by atoms with Gasteiger partial charge in [0.15, 0.2) is 5.82 Å². The van der Waals surface area contributed by atoms with Crippen LogP contribution in [0.5, 0.6) is 11.5 Å². The highest BCUT2D eigenvalue weighted by atomic mass is 16.5. The molecule has 0 saturated carbocycles. The van der Waals surface area contributed by atoms with E-state index >= 15 is 0 Å². The molecular formula is C24H25N3O3. The first-order valence-corrected chi connectivity index (χ1v) is 10.1. The van der Waals surface area contributed by atoms with E-state index in [1.54, 1.807) is 0 Å². The number of aromatic nitrogens is 2. The smallest absolute Gasteiger partial charge is 0.223 e. The number of amides is 1. The quantitative estimate of drug-likeness (QED) is 0.652. The predicted molar refractivity (Wildman–Crippen MR) is 115 cm³/mol. The van der Waals surface area contributed by atoms with Gasteiger partial charge >= 0.3 is 0 Å². The number of benzene rings is 2. The molecule has 0 aliphatic carbocycles. The van der Waals surface area contributed by atoms with E-state index in [4.69, 9.17) is 9.47 Å². The molecule has 1 aliphatic heterocycles. The van der Waals surface area contributed by atoms with Crippen LogP contribution in [0.1, 0.15) is 23.4 Å². The molecular weight excluding hydrogens is 378 g/mol. The van der Waals surface area contributed by atoms with Gasteiger partial charge in [-0.2, -0.15) is 0 Å². The number of hydrogen-bond donors (Lipinski definition) is 1. The normalized spacial score (nSPS) is 14.7. The standard InChI is InChI=1S/C24H25N3O3/c1-16-13-17(2)27-24(26-16)21-10-6-7-18-14-20(30-23(18)21)15-25-22(28)11-12-29-19-8-4-3-5-9-19/h3-10,13,20H,11-12,14-15H2,1-2H3,(H,25,28)/t20-/m0/s1. The lowest BCUT2D eigenvalue weighted by molar-refractivity contribution is -0.121. The summed E-state index contributed by atoms with van der Waals surface area (Å²) in [5.74, 6) is 2.20. The number of carbonyl (C=O) groups excluding carboxylic acids is 1. The summed E-state index contributed by atoms with van der Waals surface area (Å²) in [5.41, 5.74) is 3.86. The van der Waals surface area contributed by atoms with Crippen molar-refractivity contribution in [2.45, 2.75) is 32.8 Å². The van der Waals surface area contributed by atoms with Crippen LogP contribution in [0.2, 0.25) is 0 Å². The van der Waals surface area contributed by atoms with Gasteiger partial charge in [0.1, 0.15) is 17.6 Å². The van der Waals surface area contributed by atoms with E-state index in [-0.39, 0.29) is 12.0 Å². The Bertz CT molecular complexity index is 1020. The number of ether oxygens (including phenoxy) is 2. The summed E-state index contributed by atoms with van der Waals surface area (Å²) in [6.45, 7) is 4.71. The Morgan fingerprint density at radius 1 is 1.10 bits per heavy atom. The number of fused-ring (bicyclic) bond motifs is 1. The van der Waals surface area contributed by atoms with Gasteiger partial charge in [-0.25, -0.2) is 9.97 Å². The lowest BCUT2D eigenvalue weighted by Crippen LogP contribution is -2.35. The Balaban J connectivity index is 1.32. The highest BCUT2D eigenvalue weighted by Crippen LogP contribution is 2.37. The van der Waals surface area contributed by atoms with E-state index in [0.717, 1.165) is 40.4 Å². The molecule has 0 spiro atoms. The van der Waals surface area contributed by atoms with Crippen LogP contribution in [-0.4, -0.2) is 35.1 Å². The fourth-order valence-corrected chi connectivity index (χ4v) is 3.57. The Labute approximate surface area is 176 Å². The van der Waals surface area contributed by atoms with Crippen molar-refractivity contribution in [2.24, 2.45) is 0 Å². The molecule has 0 fully saturated rings. The minimum Gasteiger partial charge on any atom is -0.493 e. The molecule has 2 aromatic carbocycles. The highest BCUT2D eigenvalue weighted by molar-refractivity contribution is 5.76. The SMILES string of the molecule is Cc1cc(C)nc(-c2cccc3c2O[C@H](CNC(=O)CCOc2ccccc2)C3)n1. The average molecular weight is 403 g/mol. The highest BCUT2D eigenvalue weighted by Gasteiger charge is 2.27. The third kappa shape index (κ3) is 4.76. The van der Waals surface area contributed by atoms with Crippen LogP contribution in [0, 0.1) is 13.8 Å². The molecule has 30 heavy (non-hydrogen) atoms. The second kappa shape index (κ2) is 8.95. The third-order valence-electron chi connectivity index (χ3n) is 4.92. The van der Waals surface area contributed by atoms with Crippen LogP contribution >= 0.6 is 0 Å². The maximum absolute atomic E-state index is 12.2. The summed E-state index contributed by atoms with van der Waals surface area (Å²) in [4.78, 5) is 21.3. The van der Waals surface area contributed by atoms with Crippen molar-refractivity contribution in [3.8, 4) is 22.9 Å². The van der Waals surface area contributed by atoms with Gasteiger partial charge in [0.2, 0.25) is 5.91 Å². The Morgan fingerprint density at radius 3 is 2.63 bits per heavy atom. The minimum absolute atomic E-state index is 0.0525. The van der Waals surface area contributed by atoms with Gasteiger partial charge in [0.25, 0.3) is 0 Å². The van der Waals surface area contributed by atoms with Crippen molar-refractivity contribution in [1.82, 2.24) is 15.3 Å². The van der Waals surface area contributed by atoms with Crippen molar-refractivity contribution in [2.75, 3.05) is 13.2 Å². The van der Waals surface area contributed by atoms with E-state index in [9.17, 15) is 4.79 Å². The number of hydrogen-bond acceptors (Lipinski definition) is 5. The summed E-state index contributed by atoms with van der Waals surface area (Å²) in [6.07, 6.45) is 0.941. The second-order valence-electron chi connectivity index (χ2n) is 7.43. The molecule has 0 saturated heterocycles. The first-order chi connectivity index (χ1) is 14.6. The summed E-state index contributed by atoms with van der Waals surface area (Å²) in [7, 11) is 0. The molecule has 1 atom stereocenters. The molecule has 1 aromatic heterocycles. The first-order valence-electron chi connectivity index (χ1n) is 10.1. The fraction of sp³-hybridized carbons (Fsp3) is 0.292. The molecule has 0 radical (unpaired) electrons. The van der Waals surface area contributed by atoms with Gasteiger partial charge < -0.3 is 14.8 Å². The van der Waals surface area contributed by atoms with E-state index in [0.29, 0.717) is 25.4 Å². The lowest BCUT2D eigenvalue weighted by atomic mass is 10.1. The maximum Gasteiger partial charge on any atom is 0.223 e. The zero-order valence-electron chi connectivity index (χ0n) is 17.2. The molecule has 2 heterocycles. The van der Waals surface area contributed by atoms with Crippen molar-refractivity contribution in [3.63, 3.8) is 0 Å². The summed E-state index contributed by atoms with van der Waals surface area (Å²) in [6, 6.07) is 17.5. The lowest BCUT2D eigenvalue weighted by Gasteiger charge is -2.13. The van der Waals surface area contributed by atoms with Crippen molar-refractivity contribution in [3.05, 3.63) is 71.5 Å². The minimum atomic E-state index is -0.106. The molecule has 4 rings (SSSR count). The molecule has 1 amide bonds. The monoisotopic (exact) mass is 403 g/mol. The van der Waals surface area contributed by atoms with Crippen LogP contribution in [0.3, 0.4) is 0 Å². The fourth-order valence-electron chi connectivity index (χ4n) is 3.57. The van der Waals surface area contributed by atoms with Crippen LogP contribution in [-0.2, 0) is 11.2 Å². The molecule has 1 aliphatic rings. The van der Waals surface area contributed by atoms with Crippen LogP contribution in [0.15, 0.2) is 54.6 Å². The molecule has 6 heteroatoms. The van der Waals surface area contributed by atoms with E-state index in [2.05, 4.69) is 21.4 Å². The summed E-state index contributed by atoms with van der Waals surface area (Å²) >= 11 is 0. The van der Waals surface area contributed by atoms with Gasteiger partial charge in [0.05, 0.1) is 25.1 Å². The van der Waals surface area contributed by atoms with Gasteiger partial charge in [0, 0.05) is 17.8 Å². The van der Waals surface area contributed by atoms with Gasteiger partial charge in [-0.15, -0.1) is 0 Å². The largest absolute Gasteiger partial charge is 0.493 e. The molecule has 0 unspecified atom stereocenters. The molecule has 3 aromatic rings. The number of nitrogens with zero attached hydrogens (tertiary/aromatic N) is 2. The molecule has 154 valence electrons. The Kier molecular flexibility index (Phi) is 5.93. The Morgan fingerprint density at radius 2 is 1.87 bits per heavy atom. The van der Waals surface area contributed by atoms with E-state index < -0.39 is 0 Å². The number of aryl methyl sites for hydroxylation is 2. The first kappa shape index (κ1) is 19.9. The molecule has 6 nitrogen and oxygen atoms in total. The topological polar surface area (TPSA) is 73.3 Å². The Hall–Kier alpha value is -3.41. The zero-order valence-corrected chi connectivity index (χ0v) is 17.2. The summed E-state index contributed by atoms with van der Waals surface area (Å²) in [5, 5.41) is 2.95. The van der Waals surface area contributed by atoms with Crippen LogP contribution < -0.4 is 14.8 Å². The van der Waals surface area contributed by atoms with Crippen molar-refractivity contribution < 1.29 is 14.3 Å². The number of carbonyl (C=O) groups is 1. The van der Waals surface area contributed by atoms with Gasteiger partial charge in [-0.3, -0.25) is 4.79 Å². The molecule has 0 bridgehead atoms. The van der Waals surface area contributed by atoms with Gasteiger partial charge in [-0.1, -0.05) is 30.3 Å². The van der Waals surface area contributed by atoms with Crippen molar-refractivity contribution >= 4 is 5.91 Å². The van der Waals surface area contributed by atoms with Crippen LogP contribution in [0.25, 0.3) is 11.4 Å². The maximum atomic E-state index is 12.2.